The van der Waals surface area contributed by atoms with Crippen LogP contribution in [0.1, 0.15) is 36.0 Å². The summed E-state index contributed by atoms with van der Waals surface area (Å²) in [6, 6.07) is 10.2. The molecule has 1 aromatic heterocycles. The molecule has 0 unspecified atom stereocenters. The number of sulfonamides is 1. The van der Waals surface area contributed by atoms with E-state index >= 15 is 0 Å². The average molecular weight is 498 g/mol. The Morgan fingerprint density at radius 2 is 1.58 bits per heavy atom. The number of hydrazine groups is 1. The van der Waals surface area contributed by atoms with Gasteiger partial charge in [0.05, 0.1) is 16.0 Å². The predicted octanol–water partition coefficient (Wildman–Crippen LogP) is 4.26. The molecule has 3 N–H and O–H groups in total. The first kappa shape index (κ1) is 24.3. The van der Waals surface area contributed by atoms with Gasteiger partial charge in [0.1, 0.15) is 0 Å². The molecule has 0 fully saturated rings. The van der Waals surface area contributed by atoms with Crippen molar-refractivity contribution >= 4 is 38.9 Å². The van der Waals surface area contributed by atoms with Crippen molar-refractivity contribution in [3.8, 4) is 0 Å². The van der Waals surface area contributed by atoms with E-state index in [4.69, 9.17) is 0 Å². The van der Waals surface area contributed by atoms with Crippen molar-refractivity contribution in [2.45, 2.75) is 24.9 Å². The first-order valence-electron chi connectivity index (χ1n) is 9.35. The van der Waals surface area contributed by atoms with E-state index in [0.717, 1.165) is 28.0 Å². The number of alkyl halides is 3. The van der Waals surface area contributed by atoms with Gasteiger partial charge >= 0.3 is 6.18 Å². The van der Waals surface area contributed by atoms with Crippen molar-refractivity contribution in [3.05, 3.63) is 81.0 Å². The Morgan fingerprint density at radius 1 is 0.909 bits per heavy atom. The number of rotatable bonds is 5. The maximum absolute atomic E-state index is 12.9. The van der Waals surface area contributed by atoms with Gasteiger partial charge in [-0.05, 0) is 56.3 Å². The molecular formula is C21H18F3N3O4S2. The summed E-state index contributed by atoms with van der Waals surface area (Å²) in [6.45, 7) is 3.60. The summed E-state index contributed by atoms with van der Waals surface area (Å²) in [5.74, 6) is -1.30. The monoisotopic (exact) mass is 497 g/mol. The smallest absolute Gasteiger partial charge is 0.280 e. The highest BCUT2D eigenvalue weighted by atomic mass is 32.2. The summed E-state index contributed by atoms with van der Waals surface area (Å²) in [7, 11) is -4.29. The van der Waals surface area contributed by atoms with Crippen LogP contribution in [0.15, 0.2) is 59.5 Å². The Kier molecular flexibility index (Phi) is 6.79. The zero-order chi connectivity index (χ0) is 24.4. The van der Waals surface area contributed by atoms with Crippen molar-refractivity contribution in [1.82, 2.24) is 10.9 Å². The van der Waals surface area contributed by atoms with Crippen LogP contribution >= 0.6 is 11.3 Å². The average Bonchev–Trinajstić information content (AvgIpc) is 3.09. The topological polar surface area (TPSA) is 104 Å². The van der Waals surface area contributed by atoms with Gasteiger partial charge in [-0.3, -0.25) is 25.2 Å². The molecule has 0 aliphatic heterocycles. The fourth-order valence-corrected chi connectivity index (χ4v) is 4.90. The third kappa shape index (κ3) is 5.90. The van der Waals surface area contributed by atoms with Crippen molar-refractivity contribution < 1.29 is 31.2 Å². The minimum atomic E-state index is -4.63. The molecule has 33 heavy (non-hydrogen) atoms. The van der Waals surface area contributed by atoms with Crippen LogP contribution in [-0.4, -0.2) is 20.2 Å². The van der Waals surface area contributed by atoms with E-state index in [1.165, 1.54) is 35.6 Å². The lowest BCUT2D eigenvalue weighted by atomic mass is 10.2. The number of benzene rings is 2. The molecular weight excluding hydrogens is 479 g/mol. The van der Waals surface area contributed by atoms with Crippen LogP contribution in [0, 0.1) is 13.8 Å². The second-order valence-electron chi connectivity index (χ2n) is 6.95. The first-order chi connectivity index (χ1) is 15.4. The van der Waals surface area contributed by atoms with E-state index < -0.39 is 33.6 Å². The summed E-state index contributed by atoms with van der Waals surface area (Å²) in [5, 5.41) is 0. The molecule has 0 spiro atoms. The molecule has 1 heterocycles. The number of thiophene rings is 1. The molecule has 2 aromatic carbocycles. The van der Waals surface area contributed by atoms with Crippen molar-refractivity contribution in [1.29, 1.82) is 0 Å². The van der Waals surface area contributed by atoms with Gasteiger partial charge in [0.15, 0.2) is 0 Å². The van der Waals surface area contributed by atoms with Gasteiger partial charge < -0.3 is 0 Å². The fourth-order valence-electron chi connectivity index (χ4n) is 2.89. The van der Waals surface area contributed by atoms with Crippen LogP contribution in [0.3, 0.4) is 0 Å². The van der Waals surface area contributed by atoms with Gasteiger partial charge in [-0.2, -0.15) is 13.2 Å². The number of amides is 2. The van der Waals surface area contributed by atoms with Crippen molar-refractivity contribution in [2.75, 3.05) is 4.72 Å². The fraction of sp³-hybridized carbons (Fsp3) is 0.143. The zero-order valence-electron chi connectivity index (χ0n) is 17.3. The van der Waals surface area contributed by atoms with Crippen molar-refractivity contribution in [2.24, 2.45) is 0 Å². The second-order valence-corrected chi connectivity index (χ2v) is 10.1. The van der Waals surface area contributed by atoms with Crippen LogP contribution in [0.2, 0.25) is 0 Å². The largest absolute Gasteiger partial charge is 0.416 e. The Morgan fingerprint density at radius 3 is 2.21 bits per heavy atom. The Labute approximate surface area is 191 Å². The zero-order valence-corrected chi connectivity index (χ0v) is 18.9. The number of anilines is 1. The van der Waals surface area contributed by atoms with Crippen LogP contribution in [-0.2, 0) is 16.2 Å². The van der Waals surface area contributed by atoms with Crippen LogP contribution in [0.5, 0.6) is 0 Å². The van der Waals surface area contributed by atoms with E-state index in [1.807, 2.05) is 6.92 Å². The molecule has 2 amide bonds. The number of nitrogens with one attached hydrogen (secondary N) is 3. The quantitative estimate of drug-likeness (QED) is 0.458. The van der Waals surface area contributed by atoms with Gasteiger partial charge in [-0.15, -0.1) is 11.3 Å². The Bertz CT molecular complexity index is 1320. The molecule has 0 atom stereocenters. The Hall–Kier alpha value is -3.38. The number of aryl methyl sites for hydroxylation is 2. The summed E-state index contributed by atoms with van der Waals surface area (Å²) in [6.07, 6.45) is -4.63. The van der Waals surface area contributed by atoms with Gasteiger partial charge in [-0.1, -0.05) is 12.1 Å². The third-order valence-electron chi connectivity index (χ3n) is 4.42. The van der Waals surface area contributed by atoms with E-state index in [9.17, 15) is 31.2 Å². The van der Waals surface area contributed by atoms with Gasteiger partial charge in [-0.25, -0.2) is 8.42 Å². The number of carbonyl (C=O) groups excluding carboxylic acids is 2. The molecule has 0 saturated heterocycles. The maximum atomic E-state index is 12.9. The summed E-state index contributed by atoms with van der Waals surface area (Å²) >= 11 is 1.43. The van der Waals surface area contributed by atoms with Crippen molar-refractivity contribution in [3.63, 3.8) is 0 Å². The maximum Gasteiger partial charge on any atom is 0.416 e. The molecule has 0 bridgehead atoms. The number of carbonyl (C=O) groups is 2. The number of hydrogen-bond acceptors (Lipinski definition) is 5. The highest BCUT2D eigenvalue weighted by Gasteiger charge is 2.30. The summed E-state index contributed by atoms with van der Waals surface area (Å²) in [5.41, 5.74) is 3.50. The van der Waals surface area contributed by atoms with Gasteiger partial charge in [0, 0.05) is 21.0 Å². The standard InChI is InChI=1S/C21H18F3N3O4S2/c1-12-9-18(13(2)32-12)20(29)26-25-19(28)14-5-3-8-17(10-14)33(30,31)27-16-7-4-6-15(11-16)21(22,23)24/h3-11,27H,1-2H3,(H,25,28)(H,26,29). The molecule has 0 aliphatic rings. The molecule has 0 saturated carbocycles. The van der Waals surface area contributed by atoms with Crippen LogP contribution in [0.25, 0.3) is 0 Å². The highest BCUT2D eigenvalue weighted by molar-refractivity contribution is 7.92. The minimum absolute atomic E-state index is 0.0829. The SMILES string of the molecule is Cc1cc(C(=O)NNC(=O)c2cccc(S(=O)(=O)Nc3cccc(C(F)(F)F)c3)c2)c(C)s1. The highest BCUT2D eigenvalue weighted by Crippen LogP contribution is 2.31. The molecule has 3 aromatic rings. The predicted molar refractivity (Wildman–Crippen MR) is 117 cm³/mol. The first-order valence-corrected chi connectivity index (χ1v) is 11.6. The van der Waals surface area contributed by atoms with E-state index in [0.29, 0.717) is 11.6 Å². The van der Waals surface area contributed by atoms with Gasteiger partial charge in [0.2, 0.25) is 0 Å². The normalized spacial score (nSPS) is 11.7. The lowest BCUT2D eigenvalue weighted by Crippen LogP contribution is -2.41. The molecule has 0 radical (unpaired) electrons. The van der Waals surface area contributed by atoms with Crippen LogP contribution < -0.4 is 15.6 Å². The number of hydrogen-bond donors (Lipinski definition) is 3. The lowest BCUT2D eigenvalue weighted by molar-refractivity contribution is -0.137. The third-order valence-corrected chi connectivity index (χ3v) is 6.77. The Balaban J connectivity index is 1.73. The molecule has 174 valence electrons. The second kappa shape index (κ2) is 9.24. The molecule has 3 rings (SSSR count). The summed E-state index contributed by atoms with van der Waals surface area (Å²) < 4.78 is 66.0. The molecule has 12 heteroatoms. The van der Waals surface area contributed by atoms with E-state index in [-0.39, 0.29) is 16.1 Å². The van der Waals surface area contributed by atoms with Gasteiger partial charge in [0.25, 0.3) is 21.8 Å². The molecule has 0 aliphatic carbocycles. The van der Waals surface area contributed by atoms with E-state index in [2.05, 4.69) is 15.6 Å². The van der Waals surface area contributed by atoms with Crippen LogP contribution in [0.4, 0.5) is 18.9 Å². The minimum Gasteiger partial charge on any atom is -0.280 e. The van der Waals surface area contributed by atoms with E-state index in [1.54, 1.807) is 13.0 Å². The summed E-state index contributed by atoms with van der Waals surface area (Å²) in [4.78, 5) is 26.0. The number of halogens is 3. The lowest BCUT2D eigenvalue weighted by Gasteiger charge is -2.12. The molecule has 7 nitrogen and oxygen atoms in total.